The molecule has 4 rings (SSSR count). The highest BCUT2D eigenvalue weighted by molar-refractivity contribution is 5.85. The van der Waals surface area contributed by atoms with Crippen molar-refractivity contribution < 1.29 is 42.5 Å². The smallest absolute Gasteiger partial charge is 0.395 e. The quantitative estimate of drug-likeness (QED) is 0.408. The van der Waals surface area contributed by atoms with Gasteiger partial charge in [-0.25, -0.2) is 0 Å². The lowest BCUT2D eigenvalue weighted by molar-refractivity contribution is -0.160. The van der Waals surface area contributed by atoms with Crippen LogP contribution in [0.5, 0.6) is 11.5 Å². The lowest BCUT2D eigenvalue weighted by atomic mass is 9.85. The topological polar surface area (TPSA) is 50.8 Å². The van der Waals surface area contributed by atoms with Gasteiger partial charge in [-0.3, -0.25) is 9.69 Å². The maximum absolute atomic E-state index is 13.6. The van der Waals surface area contributed by atoms with Crippen LogP contribution in [-0.4, -0.2) is 44.6 Å². The van der Waals surface area contributed by atoms with Crippen molar-refractivity contribution in [3.05, 3.63) is 83.0 Å². The number of fused-ring (bicyclic) bond motifs is 1. The predicted molar refractivity (Wildman–Crippen MR) is 144 cm³/mol. The van der Waals surface area contributed by atoms with Crippen molar-refractivity contribution >= 4 is 18.3 Å². The summed E-state index contributed by atoms with van der Waals surface area (Å²) >= 11 is 0. The lowest BCUT2D eigenvalue weighted by Crippen LogP contribution is -2.44. The van der Waals surface area contributed by atoms with Gasteiger partial charge in [0.1, 0.15) is 6.04 Å². The van der Waals surface area contributed by atoms with Crippen LogP contribution in [0.25, 0.3) is 0 Å². The molecule has 1 N–H and O–H groups in total. The Balaban J connectivity index is 0.00000650. The molecule has 0 spiro atoms. The fourth-order valence-electron chi connectivity index (χ4n) is 4.90. The number of rotatable bonds is 8. The summed E-state index contributed by atoms with van der Waals surface area (Å²) in [7, 11) is -6.00. The molecule has 2 aromatic carbocycles. The molecule has 5 nitrogen and oxygen atoms in total. The highest BCUT2D eigenvalue weighted by atomic mass is 35.5. The highest BCUT2D eigenvalue weighted by Gasteiger charge is 2.39. The van der Waals surface area contributed by atoms with Crippen molar-refractivity contribution in [3.63, 3.8) is 0 Å². The number of ether oxygens (including phenoxy) is 2. The van der Waals surface area contributed by atoms with Crippen LogP contribution in [0, 0.1) is 5.92 Å². The third-order valence-electron chi connectivity index (χ3n) is 6.65. The Morgan fingerprint density at radius 1 is 1.21 bits per heavy atom. The largest absolute Gasteiger partial charge is 0.493 e. The van der Waals surface area contributed by atoms with Gasteiger partial charge in [0.25, 0.3) is 0 Å². The van der Waals surface area contributed by atoms with Crippen LogP contribution in [0.2, 0.25) is 0 Å². The van der Waals surface area contributed by atoms with Gasteiger partial charge in [-0.15, -0.1) is 12.4 Å². The average molecular weight is 562 g/mol. The third-order valence-corrected chi connectivity index (χ3v) is 6.65. The number of hydrogen-bond donors (Lipinski definition) is 1. The summed E-state index contributed by atoms with van der Waals surface area (Å²) in [5.41, 5.74) is 1.52. The number of alkyl halides is 3. The maximum atomic E-state index is 13.6. The van der Waals surface area contributed by atoms with Crippen molar-refractivity contribution in [2.75, 3.05) is 27.6 Å². The minimum atomic E-state index is -4.83. The summed E-state index contributed by atoms with van der Waals surface area (Å²) in [6.07, 6.45) is -4.56. The number of allylic oxidation sites excluding steroid dienone is 4. The minimum absolute atomic E-state index is 0. The Labute approximate surface area is 243 Å². The first-order valence-corrected chi connectivity index (χ1v) is 11.6. The second-order valence-electron chi connectivity index (χ2n) is 8.81. The van der Waals surface area contributed by atoms with Crippen molar-refractivity contribution in [1.82, 2.24) is 10.2 Å². The predicted octanol–water partition coefficient (Wildman–Crippen LogP) is 6.36. The Morgan fingerprint density at radius 3 is 2.61 bits per heavy atom. The summed E-state index contributed by atoms with van der Waals surface area (Å²) < 4.78 is 135. The maximum Gasteiger partial charge on any atom is 0.395 e. The van der Waals surface area contributed by atoms with Crippen molar-refractivity contribution in [2.45, 2.75) is 43.9 Å². The molecule has 0 aromatic heterocycles. The Morgan fingerprint density at radius 2 is 1.95 bits per heavy atom. The second kappa shape index (κ2) is 12.7. The number of methoxy groups -OCH3 is 2. The molecular weight excluding hydrogens is 517 g/mol. The van der Waals surface area contributed by atoms with Gasteiger partial charge in [-0.05, 0) is 54.5 Å². The van der Waals surface area contributed by atoms with E-state index >= 15 is 0 Å². The molecule has 1 unspecified atom stereocenters. The Bertz CT molecular complexity index is 1550. The number of nitrogens with zero attached hydrogens (tertiary/aromatic N) is 1. The first kappa shape index (κ1) is 17.6. The summed E-state index contributed by atoms with van der Waals surface area (Å²) in [5, 5.41) is 2.03. The number of nitrogens with one attached hydrogen (secondary N) is 1. The van der Waals surface area contributed by atoms with Crippen LogP contribution in [0.1, 0.15) is 63.1 Å². The van der Waals surface area contributed by atoms with Gasteiger partial charge in [0.15, 0.2) is 11.5 Å². The number of likely N-dealkylation sites (N-methyl/N-ethyl adjacent to an activating group) is 1. The van der Waals surface area contributed by atoms with E-state index in [4.69, 9.17) is 24.6 Å². The van der Waals surface area contributed by atoms with Gasteiger partial charge in [0.05, 0.1) is 28.2 Å². The molecule has 1 heterocycles. The number of halogens is 4. The van der Waals surface area contributed by atoms with Crippen LogP contribution < -0.4 is 14.8 Å². The van der Waals surface area contributed by atoms with E-state index in [1.165, 1.54) is 18.2 Å². The molecule has 0 saturated carbocycles. The molecule has 3 atom stereocenters. The van der Waals surface area contributed by atoms with Crippen molar-refractivity contribution in [1.29, 1.82) is 0 Å². The number of hydrogen-bond acceptors (Lipinski definition) is 4. The zero-order valence-corrected chi connectivity index (χ0v) is 20.9. The third kappa shape index (κ3) is 6.35. The van der Waals surface area contributed by atoms with E-state index in [0.717, 1.165) is 12.2 Å². The average Bonchev–Trinajstić information content (AvgIpc) is 2.89. The second-order valence-corrected chi connectivity index (χ2v) is 8.81. The molecule has 38 heavy (non-hydrogen) atoms. The Hall–Kier alpha value is -2.97. The van der Waals surface area contributed by atoms with Crippen LogP contribution in [0.4, 0.5) is 13.2 Å². The molecule has 2 aliphatic rings. The zero-order valence-electron chi connectivity index (χ0n) is 31.0. The van der Waals surface area contributed by atoms with Crippen molar-refractivity contribution in [3.8, 4) is 11.5 Å². The van der Waals surface area contributed by atoms with E-state index < -0.39 is 63.3 Å². The summed E-state index contributed by atoms with van der Waals surface area (Å²) in [4.78, 5) is 15.3. The summed E-state index contributed by atoms with van der Waals surface area (Å²) in [5.74, 6) is -4.05. The van der Waals surface area contributed by atoms with Crippen LogP contribution in [0.15, 0.2) is 66.3 Å². The molecule has 206 valence electrons. The number of carbonyl (C=O) groups excluding carboxylic acids is 1. The van der Waals surface area contributed by atoms with Gasteiger partial charge >= 0.3 is 6.18 Å². The molecule has 0 saturated heterocycles. The molecule has 0 bridgehead atoms. The fraction of sp³-hybridized carbons (Fsp3) is 0.414. The van der Waals surface area contributed by atoms with E-state index in [-0.39, 0.29) is 49.5 Å². The fourth-order valence-corrected chi connectivity index (χ4v) is 4.90. The molecule has 1 aliphatic heterocycles. The molecular formula is C29H34ClF3N2O3. The van der Waals surface area contributed by atoms with Gasteiger partial charge in [0.2, 0.25) is 5.91 Å². The highest BCUT2D eigenvalue weighted by Crippen LogP contribution is 2.44. The molecule has 1 amide bonds. The van der Waals surface area contributed by atoms with Gasteiger partial charge < -0.3 is 14.8 Å². The van der Waals surface area contributed by atoms with Crippen LogP contribution in [-0.2, 0) is 11.2 Å². The zero-order chi connectivity index (χ0) is 35.9. The van der Waals surface area contributed by atoms with Gasteiger partial charge in [-0.2, -0.15) is 13.2 Å². The summed E-state index contributed by atoms with van der Waals surface area (Å²) in [6, 6.07) is 8.74. The van der Waals surface area contributed by atoms with Gasteiger partial charge in [0, 0.05) is 26.4 Å². The first-order valence-electron chi connectivity index (χ1n) is 17.1. The van der Waals surface area contributed by atoms with Gasteiger partial charge in [-0.1, -0.05) is 54.1 Å². The molecule has 2 aromatic rings. The SMILES string of the molecule is Cl.[2H]C([2H])([2H])NC(=O)[C@@H](c1ccccc1)N1CCc2cc(OC([2H])([2H])[2H])c(OC([2H])([2H])[2H])cc2[C@@H]1CCC1=CC([2H])([2H])C(C(F)(F)F)C=C1. The lowest BCUT2D eigenvalue weighted by Gasteiger charge is -2.42. The number of amides is 1. The molecule has 0 fully saturated rings. The minimum Gasteiger partial charge on any atom is -0.493 e. The van der Waals surface area contributed by atoms with E-state index in [0.29, 0.717) is 16.7 Å². The summed E-state index contributed by atoms with van der Waals surface area (Å²) in [6.45, 7) is -2.75. The van der Waals surface area contributed by atoms with E-state index in [9.17, 15) is 18.0 Å². The van der Waals surface area contributed by atoms with E-state index in [2.05, 4.69) is 0 Å². The van der Waals surface area contributed by atoms with Crippen LogP contribution in [0.3, 0.4) is 0 Å². The molecule has 9 heteroatoms. The first-order chi connectivity index (χ1) is 21.9. The number of benzene rings is 2. The standard InChI is InChI=1S/C29H33F3N2O3.ClH/c1-33-28(35)27(20-7-5-4-6-8-20)34-16-15-21-17-25(36-2)26(37-3)18-23(21)24(34)14-11-19-9-12-22(13-10-19)29(30,31)32;/h4-10,12,17-18,22,24,27H,11,13-16H2,1-3H3,(H,33,35);1H/t22?,24-,27+;/m0./s1/i1D3,2D3,3D3,13D2;. The number of carbonyl (C=O) groups is 1. The van der Waals surface area contributed by atoms with E-state index in [1.807, 2.05) is 5.32 Å². The van der Waals surface area contributed by atoms with Crippen LogP contribution >= 0.6 is 12.4 Å². The molecule has 0 radical (unpaired) electrons. The monoisotopic (exact) mass is 561 g/mol. The normalized spacial score (nSPS) is 26.6. The Kier molecular flexibility index (Phi) is 5.89. The van der Waals surface area contributed by atoms with E-state index in [1.54, 1.807) is 35.2 Å². The van der Waals surface area contributed by atoms with Crippen molar-refractivity contribution in [2.24, 2.45) is 5.92 Å². The molecule has 1 aliphatic carbocycles.